The summed E-state index contributed by atoms with van der Waals surface area (Å²) < 4.78 is 15.7. The second-order valence-electron chi connectivity index (χ2n) is 5.25. The Morgan fingerprint density at radius 1 is 1.08 bits per heavy atom. The zero-order chi connectivity index (χ0) is 18.2. The number of nitriles is 1. The molecule has 1 atom stereocenters. The number of carbonyl (C=O) groups is 1. The van der Waals surface area contributed by atoms with Crippen LogP contribution >= 0.6 is 0 Å². The zero-order valence-corrected chi connectivity index (χ0v) is 14.4. The number of hydrogen-bond donors (Lipinski definition) is 1. The van der Waals surface area contributed by atoms with Gasteiger partial charge in [-0.1, -0.05) is 12.1 Å². The number of ether oxygens (including phenoxy) is 3. The predicted octanol–water partition coefficient (Wildman–Crippen LogP) is 3.03. The first kappa shape index (κ1) is 18.1. The summed E-state index contributed by atoms with van der Waals surface area (Å²) in [5.74, 6) is 0.484. The van der Waals surface area contributed by atoms with E-state index in [0.29, 0.717) is 22.9 Å². The molecule has 0 aliphatic heterocycles. The molecule has 0 spiro atoms. The van der Waals surface area contributed by atoms with Gasteiger partial charge in [0, 0.05) is 6.42 Å². The molecular weight excluding hydrogens is 320 g/mol. The molecule has 130 valence electrons. The monoisotopic (exact) mass is 340 g/mol. The third-order valence-corrected chi connectivity index (χ3v) is 3.75. The molecule has 1 N–H and O–H groups in total. The molecule has 2 aromatic carbocycles. The first-order chi connectivity index (χ1) is 12.1. The van der Waals surface area contributed by atoms with Gasteiger partial charge in [-0.15, -0.1) is 0 Å². The summed E-state index contributed by atoms with van der Waals surface area (Å²) in [6.07, 6.45) is 0.206. The van der Waals surface area contributed by atoms with Gasteiger partial charge in [-0.25, -0.2) is 0 Å². The number of para-hydroxylation sites is 2. The van der Waals surface area contributed by atoms with Crippen LogP contribution < -0.4 is 19.5 Å². The number of methoxy groups -OCH3 is 3. The Morgan fingerprint density at radius 3 is 2.44 bits per heavy atom. The molecule has 0 heterocycles. The molecule has 6 nitrogen and oxygen atoms in total. The fraction of sp³-hybridized carbons (Fsp3) is 0.263. The van der Waals surface area contributed by atoms with Crippen LogP contribution in [0.5, 0.6) is 17.2 Å². The van der Waals surface area contributed by atoms with Crippen LogP contribution in [-0.2, 0) is 11.2 Å². The molecule has 2 rings (SSSR count). The summed E-state index contributed by atoms with van der Waals surface area (Å²) in [7, 11) is 4.62. The Hall–Kier alpha value is -3.20. The molecule has 0 radical (unpaired) electrons. The maximum Gasteiger partial charge on any atom is 0.242 e. The number of anilines is 1. The van der Waals surface area contributed by atoms with Gasteiger partial charge in [0.25, 0.3) is 0 Å². The topological polar surface area (TPSA) is 80.6 Å². The van der Waals surface area contributed by atoms with Crippen molar-refractivity contribution in [1.29, 1.82) is 5.26 Å². The number of benzene rings is 2. The average molecular weight is 340 g/mol. The van der Waals surface area contributed by atoms with Crippen molar-refractivity contribution in [2.24, 2.45) is 5.92 Å². The molecule has 6 heteroatoms. The molecular formula is C19H20N2O4. The Labute approximate surface area is 146 Å². The number of amides is 1. The molecule has 0 saturated heterocycles. The zero-order valence-electron chi connectivity index (χ0n) is 14.4. The molecule has 1 unspecified atom stereocenters. The molecule has 0 aromatic heterocycles. The van der Waals surface area contributed by atoms with Crippen molar-refractivity contribution in [2.45, 2.75) is 6.42 Å². The lowest BCUT2D eigenvalue weighted by Crippen LogP contribution is -2.24. The van der Waals surface area contributed by atoms with Crippen LogP contribution in [0.4, 0.5) is 5.69 Å². The summed E-state index contributed by atoms with van der Waals surface area (Å²) in [6, 6.07) is 14.4. The molecule has 2 aromatic rings. The fourth-order valence-corrected chi connectivity index (χ4v) is 2.43. The van der Waals surface area contributed by atoms with E-state index in [2.05, 4.69) is 5.32 Å². The van der Waals surface area contributed by atoms with Gasteiger partial charge in [-0.2, -0.15) is 5.26 Å². The average Bonchev–Trinajstić information content (AvgIpc) is 2.66. The molecule has 25 heavy (non-hydrogen) atoms. The lowest BCUT2D eigenvalue weighted by molar-refractivity contribution is -0.118. The van der Waals surface area contributed by atoms with Gasteiger partial charge in [0.05, 0.1) is 33.1 Å². The van der Waals surface area contributed by atoms with E-state index in [1.165, 1.54) is 7.11 Å². The number of hydrogen-bond acceptors (Lipinski definition) is 5. The molecule has 1 amide bonds. The maximum absolute atomic E-state index is 12.5. The number of rotatable bonds is 7. The highest BCUT2D eigenvalue weighted by Gasteiger charge is 2.22. The Balaban J connectivity index is 2.20. The molecule has 0 aliphatic carbocycles. The third-order valence-electron chi connectivity index (χ3n) is 3.75. The van der Waals surface area contributed by atoms with E-state index >= 15 is 0 Å². The van der Waals surface area contributed by atoms with Crippen LogP contribution in [0, 0.1) is 17.2 Å². The second-order valence-corrected chi connectivity index (χ2v) is 5.25. The summed E-state index contributed by atoms with van der Waals surface area (Å²) >= 11 is 0. The highest BCUT2D eigenvalue weighted by atomic mass is 16.5. The van der Waals surface area contributed by atoms with Gasteiger partial charge in [-0.05, 0) is 35.9 Å². The van der Waals surface area contributed by atoms with E-state index in [9.17, 15) is 10.1 Å². The van der Waals surface area contributed by atoms with Crippen molar-refractivity contribution in [2.75, 3.05) is 26.6 Å². The van der Waals surface area contributed by atoms with Crippen molar-refractivity contribution in [3.63, 3.8) is 0 Å². The van der Waals surface area contributed by atoms with Crippen molar-refractivity contribution >= 4 is 11.6 Å². The highest BCUT2D eigenvalue weighted by Crippen LogP contribution is 2.28. The van der Waals surface area contributed by atoms with E-state index in [-0.39, 0.29) is 6.42 Å². The number of carbonyl (C=O) groups excluding carboxylic acids is 1. The highest BCUT2D eigenvalue weighted by molar-refractivity contribution is 5.95. The normalized spacial score (nSPS) is 11.1. The Kier molecular flexibility index (Phi) is 6.24. The van der Waals surface area contributed by atoms with Gasteiger partial charge < -0.3 is 19.5 Å². The number of nitrogens with zero attached hydrogens (tertiary/aromatic N) is 1. The molecule has 0 aliphatic rings. The smallest absolute Gasteiger partial charge is 0.242 e. The molecule has 0 saturated carbocycles. The Bertz CT molecular complexity index is 783. The first-order valence-corrected chi connectivity index (χ1v) is 7.67. The molecule has 0 fully saturated rings. The SMILES string of the molecule is COc1ccc(OC)c(CC(C#N)C(=O)Nc2ccccc2OC)c1. The predicted molar refractivity (Wildman–Crippen MR) is 94.0 cm³/mol. The van der Waals surface area contributed by atoms with Crippen LogP contribution in [0.3, 0.4) is 0 Å². The Morgan fingerprint density at radius 2 is 1.80 bits per heavy atom. The summed E-state index contributed by atoms with van der Waals surface area (Å²) in [6.45, 7) is 0. The largest absolute Gasteiger partial charge is 0.497 e. The van der Waals surface area contributed by atoms with Crippen molar-refractivity contribution in [3.8, 4) is 23.3 Å². The fourth-order valence-electron chi connectivity index (χ4n) is 2.43. The van der Waals surface area contributed by atoms with Crippen LogP contribution in [-0.4, -0.2) is 27.2 Å². The van der Waals surface area contributed by atoms with Crippen molar-refractivity contribution < 1.29 is 19.0 Å². The minimum absolute atomic E-state index is 0.206. The summed E-state index contributed by atoms with van der Waals surface area (Å²) in [4.78, 5) is 12.5. The van der Waals surface area contributed by atoms with Crippen LogP contribution in [0.15, 0.2) is 42.5 Å². The quantitative estimate of drug-likeness (QED) is 0.838. The lowest BCUT2D eigenvalue weighted by Gasteiger charge is -2.15. The van der Waals surface area contributed by atoms with Gasteiger partial charge in [0.2, 0.25) is 5.91 Å². The van der Waals surface area contributed by atoms with Crippen molar-refractivity contribution in [3.05, 3.63) is 48.0 Å². The van der Waals surface area contributed by atoms with Gasteiger partial charge in [0.1, 0.15) is 23.2 Å². The van der Waals surface area contributed by atoms with Gasteiger partial charge in [-0.3, -0.25) is 4.79 Å². The van der Waals surface area contributed by atoms with E-state index in [1.807, 2.05) is 6.07 Å². The van der Waals surface area contributed by atoms with Crippen LogP contribution in [0.1, 0.15) is 5.56 Å². The minimum atomic E-state index is -0.883. The van der Waals surface area contributed by atoms with Gasteiger partial charge in [0.15, 0.2) is 0 Å². The number of nitrogens with one attached hydrogen (secondary N) is 1. The molecule has 0 bridgehead atoms. The second kappa shape index (κ2) is 8.60. The third kappa shape index (κ3) is 4.42. The first-order valence-electron chi connectivity index (χ1n) is 7.67. The summed E-state index contributed by atoms with van der Waals surface area (Å²) in [5.41, 5.74) is 1.25. The maximum atomic E-state index is 12.5. The van der Waals surface area contributed by atoms with E-state index in [0.717, 1.165) is 5.56 Å². The van der Waals surface area contributed by atoms with E-state index in [4.69, 9.17) is 14.2 Å². The standard InChI is InChI=1S/C19H20N2O4/c1-23-15-8-9-17(24-2)13(11-15)10-14(12-20)19(22)21-16-6-4-5-7-18(16)25-3/h4-9,11,14H,10H2,1-3H3,(H,21,22). The van der Waals surface area contributed by atoms with Crippen molar-refractivity contribution in [1.82, 2.24) is 0 Å². The van der Waals surface area contributed by atoms with Gasteiger partial charge >= 0.3 is 0 Å². The van der Waals surface area contributed by atoms with E-state index < -0.39 is 11.8 Å². The van der Waals surface area contributed by atoms with Crippen LogP contribution in [0.25, 0.3) is 0 Å². The van der Waals surface area contributed by atoms with E-state index in [1.54, 1.807) is 56.7 Å². The minimum Gasteiger partial charge on any atom is -0.497 e. The summed E-state index contributed by atoms with van der Waals surface area (Å²) in [5, 5.41) is 12.2. The van der Waals surface area contributed by atoms with Crippen LogP contribution in [0.2, 0.25) is 0 Å². The lowest BCUT2D eigenvalue weighted by atomic mass is 9.98.